The summed E-state index contributed by atoms with van der Waals surface area (Å²) in [6.07, 6.45) is 1.45. The normalized spacial score (nSPS) is 11.5. The predicted molar refractivity (Wildman–Crippen MR) is 120 cm³/mol. The number of pyridine rings is 1. The number of thioether (sulfide) groups is 1. The van der Waals surface area contributed by atoms with Gasteiger partial charge in [0.2, 0.25) is 5.91 Å². The SMILES string of the molecule is CC(Sc1nc(N)c(C#N)c(-c2ccco2)c1C#N)C(=O)Nc1ccc(C(C)C)cc1. The number of hydrogen-bond acceptors (Lipinski definition) is 7. The molecule has 3 rings (SSSR count). The van der Waals surface area contributed by atoms with Crippen molar-refractivity contribution >= 4 is 29.2 Å². The van der Waals surface area contributed by atoms with Crippen LogP contribution in [0.4, 0.5) is 11.5 Å². The average Bonchev–Trinajstić information content (AvgIpc) is 3.28. The summed E-state index contributed by atoms with van der Waals surface area (Å²) < 4.78 is 5.40. The van der Waals surface area contributed by atoms with Crippen molar-refractivity contribution in [3.8, 4) is 23.5 Å². The van der Waals surface area contributed by atoms with Crippen LogP contribution in [0.2, 0.25) is 0 Å². The van der Waals surface area contributed by atoms with Gasteiger partial charge in [0.15, 0.2) is 0 Å². The lowest BCUT2D eigenvalue weighted by atomic mass is 10.0. The molecule has 0 spiro atoms. The van der Waals surface area contributed by atoms with Crippen molar-refractivity contribution in [3.63, 3.8) is 0 Å². The Hall–Kier alpha value is -3.75. The third kappa shape index (κ3) is 4.71. The summed E-state index contributed by atoms with van der Waals surface area (Å²) in [6.45, 7) is 5.92. The van der Waals surface area contributed by atoms with E-state index in [0.717, 1.165) is 11.8 Å². The van der Waals surface area contributed by atoms with Crippen LogP contribution >= 0.6 is 11.8 Å². The van der Waals surface area contributed by atoms with Gasteiger partial charge in [-0.1, -0.05) is 37.7 Å². The number of amides is 1. The molecule has 1 amide bonds. The second kappa shape index (κ2) is 9.38. The minimum atomic E-state index is -0.568. The highest BCUT2D eigenvalue weighted by atomic mass is 32.2. The second-order valence-electron chi connectivity index (χ2n) is 7.15. The molecule has 0 fully saturated rings. The maximum Gasteiger partial charge on any atom is 0.237 e. The Morgan fingerprint density at radius 2 is 1.81 bits per heavy atom. The molecule has 2 aromatic heterocycles. The summed E-state index contributed by atoms with van der Waals surface area (Å²) in [4.78, 5) is 16.9. The Balaban J connectivity index is 1.87. The van der Waals surface area contributed by atoms with E-state index in [2.05, 4.69) is 30.2 Å². The molecule has 156 valence electrons. The molecule has 0 bridgehead atoms. The fraction of sp³-hybridized carbons (Fsp3) is 0.217. The first-order chi connectivity index (χ1) is 14.8. The number of nitrogen functional groups attached to an aromatic ring is 1. The summed E-state index contributed by atoms with van der Waals surface area (Å²) in [7, 11) is 0. The first kappa shape index (κ1) is 21.9. The molecule has 0 saturated carbocycles. The molecule has 7 nitrogen and oxygen atoms in total. The molecule has 0 aliphatic rings. The Bertz CT molecular complexity index is 1170. The van der Waals surface area contributed by atoms with E-state index in [1.54, 1.807) is 19.1 Å². The van der Waals surface area contributed by atoms with Crippen LogP contribution in [0.3, 0.4) is 0 Å². The summed E-state index contributed by atoms with van der Waals surface area (Å²) in [5, 5.41) is 21.8. The molecule has 31 heavy (non-hydrogen) atoms. The zero-order chi connectivity index (χ0) is 22.5. The smallest absolute Gasteiger partial charge is 0.237 e. The number of anilines is 2. The lowest BCUT2D eigenvalue weighted by Crippen LogP contribution is -2.22. The molecule has 1 unspecified atom stereocenters. The van der Waals surface area contributed by atoms with E-state index in [1.165, 1.54) is 11.8 Å². The van der Waals surface area contributed by atoms with E-state index in [4.69, 9.17) is 10.2 Å². The van der Waals surface area contributed by atoms with Gasteiger partial charge in [0.05, 0.1) is 22.6 Å². The van der Waals surface area contributed by atoms with E-state index in [9.17, 15) is 15.3 Å². The minimum absolute atomic E-state index is 0.0210. The van der Waals surface area contributed by atoms with Crippen molar-refractivity contribution in [1.82, 2.24) is 4.98 Å². The molecule has 1 atom stereocenters. The fourth-order valence-corrected chi connectivity index (χ4v) is 3.88. The van der Waals surface area contributed by atoms with Crippen LogP contribution in [0, 0.1) is 22.7 Å². The minimum Gasteiger partial charge on any atom is -0.464 e. The number of nitrogens with zero attached hydrogens (tertiary/aromatic N) is 3. The monoisotopic (exact) mass is 431 g/mol. The Morgan fingerprint density at radius 3 is 2.35 bits per heavy atom. The summed E-state index contributed by atoms with van der Waals surface area (Å²) in [5.74, 6) is 0.481. The van der Waals surface area contributed by atoms with E-state index in [1.807, 2.05) is 30.3 Å². The Morgan fingerprint density at radius 1 is 1.13 bits per heavy atom. The highest BCUT2D eigenvalue weighted by Crippen LogP contribution is 2.37. The largest absolute Gasteiger partial charge is 0.464 e. The highest BCUT2D eigenvalue weighted by molar-refractivity contribution is 8.00. The quantitative estimate of drug-likeness (QED) is 0.530. The number of furan rings is 1. The topological polar surface area (TPSA) is 129 Å². The number of nitrogens with one attached hydrogen (secondary N) is 1. The third-order valence-corrected chi connectivity index (χ3v) is 5.77. The van der Waals surface area contributed by atoms with Gasteiger partial charge >= 0.3 is 0 Å². The van der Waals surface area contributed by atoms with Crippen molar-refractivity contribution in [2.24, 2.45) is 0 Å². The lowest BCUT2D eigenvalue weighted by molar-refractivity contribution is -0.115. The van der Waals surface area contributed by atoms with Gasteiger partial charge < -0.3 is 15.5 Å². The highest BCUT2D eigenvalue weighted by Gasteiger charge is 2.25. The van der Waals surface area contributed by atoms with Crippen molar-refractivity contribution < 1.29 is 9.21 Å². The Labute approximate surface area is 184 Å². The van der Waals surface area contributed by atoms with Gasteiger partial charge in [0.25, 0.3) is 0 Å². The van der Waals surface area contributed by atoms with Crippen LogP contribution in [0.1, 0.15) is 43.4 Å². The van der Waals surface area contributed by atoms with Crippen molar-refractivity contribution in [2.45, 2.75) is 37.0 Å². The van der Waals surface area contributed by atoms with Crippen LogP contribution in [-0.4, -0.2) is 16.1 Å². The van der Waals surface area contributed by atoms with E-state index in [0.29, 0.717) is 17.4 Å². The number of nitrogens with two attached hydrogens (primary N) is 1. The van der Waals surface area contributed by atoms with Gasteiger partial charge in [-0.05, 0) is 42.7 Å². The molecule has 0 radical (unpaired) electrons. The first-order valence-electron chi connectivity index (χ1n) is 9.60. The number of carbonyl (C=O) groups excluding carboxylic acids is 1. The van der Waals surface area contributed by atoms with Crippen molar-refractivity contribution in [2.75, 3.05) is 11.1 Å². The fourth-order valence-electron chi connectivity index (χ4n) is 2.97. The van der Waals surface area contributed by atoms with E-state index in [-0.39, 0.29) is 33.4 Å². The van der Waals surface area contributed by atoms with Crippen LogP contribution in [0.5, 0.6) is 0 Å². The van der Waals surface area contributed by atoms with Gasteiger partial charge in [-0.2, -0.15) is 10.5 Å². The molecular weight excluding hydrogens is 410 g/mol. The Kier molecular flexibility index (Phi) is 6.64. The summed E-state index contributed by atoms with van der Waals surface area (Å²) in [5.41, 5.74) is 8.34. The predicted octanol–water partition coefficient (Wildman–Crippen LogP) is 4.91. The van der Waals surface area contributed by atoms with Crippen LogP contribution in [0.25, 0.3) is 11.3 Å². The van der Waals surface area contributed by atoms with Gasteiger partial charge in [-0.3, -0.25) is 4.79 Å². The summed E-state index contributed by atoms with van der Waals surface area (Å²) >= 11 is 1.10. The van der Waals surface area contributed by atoms with Crippen LogP contribution in [-0.2, 0) is 4.79 Å². The van der Waals surface area contributed by atoms with Gasteiger partial charge in [0.1, 0.15) is 34.3 Å². The second-order valence-corrected chi connectivity index (χ2v) is 8.48. The van der Waals surface area contributed by atoms with Crippen molar-refractivity contribution in [3.05, 3.63) is 59.4 Å². The standard InChI is InChI=1S/C23H21N5O2S/c1-13(2)15-6-8-16(9-7-15)27-22(29)14(3)31-23-18(12-25)20(19-5-4-10-30-19)17(11-24)21(26)28-23/h4-10,13-14H,1-3H3,(H2,26,28)(H,27,29). The maximum absolute atomic E-state index is 12.7. The zero-order valence-electron chi connectivity index (χ0n) is 17.3. The first-order valence-corrected chi connectivity index (χ1v) is 10.5. The third-order valence-electron chi connectivity index (χ3n) is 4.69. The van der Waals surface area contributed by atoms with E-state index < -0.39 is 5.25 Å². The number of benzene rings is 1. The number of nitriles is 2. The number of hydrogen-bond donors (Lipinski definition) is 2. The number of aromatic nitrogens is 1. The molecule has 3 aromatic rings. The van der Waals surface area contributed by atoms with Crippen LogP contribution < -0.4 is 11.1 Å². The van der Waals surface area contributed by atoms with Gasteiger partial charge in [0, 0.05) is 5.69 Å². The lowest BCUT2D eigenvalue weighted by Gasteiger charge is -2.15. The van der Waals surface area contributed by atoms with E-state index >= 15 is 0 Å². The summed E-state index contributed by atoms with van der Waals surface area (Å²) in [6, 6.07) is 15.0. The number of carbonyl (C=O) groups is 1. The maximum atomic E-state index is 12.7. The van der Waals surface area contributed by atoms with Crippen molar-refractivity contribution in [1.29, 1.82) is 10.5 Å². The molecule has 0 saturated heterocycles. The molecule has 2 heterocycles. The molecule has 1 aromatic carbocycles. The average molecular weight is 432 g/mol. The van der Waals surface area contributed by atoms with Gasteiger partial charge in [-0.25, -0.2) is 4.98 Å². The molecule has 0 aliphatic heterocycles. The molecule has 8 heteroatoms. The van der Waals surface area contributed by atoms with Gasteiger partial charge in [-0.15, -0.1) is 0 Å². The zero-order valence-corrected chi connectivity index (χ0v) is 18.2. The molecule has 3 N–H and O–H groups in total. The van der Waals surface area contributed by atoms with Crippen LogP contribution in [0.15, 0.2) is 52.1 Å². The molecule has 0 aliphatic carbocycles. The number of rotatable bonds is 6. The molecular formula is C23H21N5O2S.